The number of rotatable bonds is 11. The number of carboxylic acids is 1. The average Bonchev–Trinajstić information content (AvgIpc) is 2.82. The van der Waals surface area contributed by atoms with Gasteiger partial charge in [-0.3, -0.25) is 4.79 Å². The van der Waals surface area contributed by atoms with Gasteiger partial charge in [0.2, 0.25) is 10.0 Å². The minimum atomic E-state index is -4.87. The number of hydrogen-bond acceptors (Lipinski definition) is 5. The summed E-state index contributed by atoms with van der Waals surface area (Å²) in [4.78, 5) is 12.1. The van der Waals surface area contributed by atoms with Gasteiger partial charge in [-0.1, -0.05) is 60.7 Å². The van der Waals surface area contributed by atoms with Crippen LogP contribution in [0.3, 0.4) is 0 Å². The van der Waals surface area contributed by atoms with E-state index in [9.17, 15) is 31.5 Å². The van der Waals surface area contributed by atoms with E-state index in [0.29, 0.717) is 11.1 Å². The van der Waals surface area contributed by atoms with Crippen LogP contribution < -0.4 is 14.2 Å². The molecule has 0 spiro atoms. The smallest absolute Gasteiger partial charge is 0.481 e. The zero-order valence-electron chi connectivity index (χ0n) is 18.6. The van der Waals surface area contributed by atoms with Crippen LogP contribution >= 0.6 is 0 Å². The molecule has 2 unspecified atom stereocenters. The molecule has 3 aromatic rings. The third-order valence-electron chi connectivity index (χ3n) is 4.82. The Labute approximate surface area is 205 Å². The number of hydrogen-bond donors (Lipinski definition) is 2. The van der Waals surface area contributed by atoms with Crippen molar-refractivity contribution in [1.29, 1.82) is 0 Å². The molecule has 3 rings (SSSR count). The Balaban J connectivity index is 1.85. The Morgan fingerprint density at radius 3 is 2.06 bits per heavy atom. The monoisotopic (exact) mass is 521 g/mol. The van der Waals surface area contributed by atoms with Gasteiger partial charge in [-0.2, -0.15) is 4.72 Å². The summed E-state index contributed by atoms with van der Waals surface area (Å²) in [5.41, 5.74) is 0.942. The fraction of sp³-hybridized carbons (Fsp3) is 0.160. The van der Waals surface area contributed by atoms with Gasteiger partial charge >= 0.3 is 12.3 Å². The second-order valence-corrected chi connectivity index (χ2v) is 9.17. The Kier molecular flexibility index (Phi) is 8.73. The highest BCUT2D eigenvalue weighted by Crippen LogP contribution is 2.25. The first-order chi connectivity index (χ1) is 17.0. The maximum absolute atomic E-state index is 12.8. The molecule has 2 N–H and O–H groups in total. The van der Waals surface area contributed by atoms with Crippen molar-refractivity contribution in [2.45, 2.75) is 19.0 Å². The number of ether oxygens (including phenoxy) is 2. The predicted molar refractivity (Wildman–Crippen MR) is 126 cm³/mol. The lowest BCUT2D eigenvalue weighted by Gasteiger charge is -2.25. The lowest BCUT2D eigenvalue weighted by Crippen LogP contribution is -2.47. The minimum Gasteiger partial charge on any atom is -0.481 e. The third-order valence-corrected chi connectivity index (χ3v) is 5.88. The molecule has 0 amide bonds. The summed E-state index contributed by atoms with van der Waals surface area (Å²) in [6, 6.07) is 21.2. The fourth-order valence-electron chi connectivity index (χ4n) is 3.17. The first kappa shape index (κ1) is 26.8. The molecule has 0 aromatic heterocycles. The number of benzene rings is 3. The highest BCUT2D eigenvalue weighted by atomic mass is 32.2. The lowest BCUT2D eigenvalue weighted by molar-refractivity contribution is -0.274. The molecule has 36 heavy (non-hydrogen) atoms. The van der Waals surface area contributed by atoms with Crippen molar-refractivity contribution in [3.05, 3.63) is 101 Å². The average molecular weight is 522 g/mol. The Bertz CT molecular complexity index is 1260. The second-order valence-electron chi connectivity index (χ2n) is 7.57. The molecule has 0 radical (unpaired) electrons. The van der Waals surface area contributed by atoms with Crippen LogP contribution in [-0.4, -0.2) is 32.1 Å². The number of para-hydroxylation sites is 1. The van der Waals surface area contributed by atoms with E-state index in [1.54, 1.807) is 48.5 Å². The van der Waals surface area contributed by atoms with Crippen molar-refractivity contribution in [2.75, 3.05) is 0 Å². The summed E-state index contributed by atoms with van der Waals surface area (Å²) in [6.07, 6.45) is -5.31. The third kappa shape index (κ3) is 8.75. The summed E-state index contributed by atoms with van der Waals surface area (Å²) in [5.74, 6) is -3.06. The summed E-state index contributed by atoms with van der Waals surface area (Å²) in [6.45, 7) is 0. The first-order valence-corrected chi connectivity index (χ1v) is 12.1. The van der Waals surface area contributed by atoms with Crippen molar-refractivity contribution in [2.24, 2.45) is 5.92 Å². The van der Waals surface area contributed by atoms with Gasteiger partial charge in [-0.15, -0.1) is 13.2 Å². The summed E-state index contributed by atoms with van der Waals surface area (Å²) in [5, 5.41) is 10.8. The van der Waals surface area contributed by atoms with E-state index in [-0.39, 0.29) is 12.2 Å². The van der Waals surface area contributed by atoms with Crippen molar-refractivity contribution in [3.63, 3.8) is 0 Å². The van der Waals surface area contributed by atoms with Gasteiger partial charge < -0.3 is 14.6 Å². The lowest BCUT2D eigenvalue weighted by atomic mass is 9.98. The number of carboxylic acid groups (broad SMARTS) is 1. The number of alkyl halides is 3. The van der Waals surface area contributed by atoms with E-state index in [0.717, 1.165) is 17.5 Å². The van der Waals surface area contributed by atoms with Crippen molar-refractivity contribution in [3.8, 4) is 11.5 Å². The normalized spacial score (nSPS) is 13.8. The van der Waals surface area contributed by atoms with Crippen molar-refractivity contribution >= 4 is 22.1 Å². The van der Waals surface area contributed by atoms with Crippen LogP contribution in [0.5, 0.6) is 11.5 Å². The molecule has 2 atom stereocenters. The van der Waals surface area contributed by atoms with Crippen LogP contribution in [0.1, 0.15) is 11.1 Å². The van der Waals surface area contributed by atoms with E-state index in [1.165, 1.54) is 30.3 Å². The van der Waals surface area contributed by atoms with Crippen molar-refractivity contribution < 1.29 is 41.0 Å². The van der Waals surface area contributed by atoms with E-state index < -0.39 is 40.3 Å². The molecule has 0 aliphatic heterocycles. The molecule has 0 bridgehead atoms. The molecule has 190 valence electrons. The fourth-order valence-corrected chi connectivity index (χ4v) is 4.12. The molecule has 0 fully saturated rings. The van der Waals surface area contributed by atoms with Crippen LogP contribution in [0.4, 0.5) is 13.2 Å². The SMILES string of the molecule is O=C(O)C(Cc1ccc(OC(F)(F)F)cc1)C(NS(=O)(=O)/C=C/c1ccccc1)Oc1ccccc1. The Hall–Kier alpha value is -3.83. The maximum Gasteiger partial charge on any atom is 0.573 e. The molecule has 7 nitrogen and oxygen atoms in total. The summed E-state index contributed by atoms with van der Waals surface area (Å²) < 4.78 is 74.6. The van der Waals surface area contributed by atoms with Crippen molar-refractivity contribution in [1.82, 2.24) is 4.72 Å². The van der Waals surface area contributed by atoms with Gasteiger partial charge in [0, 0.05) is 5.41 Å². The zero-order valence-corrected chi connectivity index (χ0v) is 19.4. The molecule has 0 saturated heterocycles. The maximum atomic E-state index is 12.8. The van der Waals surface area contributed by atoms with Gasteiger partial charge in [0.25, 0.3) is 0 Å². The van der Waals surface area contributed by atoms with Gasteiger partial charge in [0.05, 0.1) is 0 Å². The Morgan fingerprint density at radius 2 is 1.50 bits per heavy atom. The highest BCUT2D eigenvalue weighted by Gasteiger charge is 2.34. The first-order valence-electron chi connectivity index (χ1n) is 10.6. The molecular formula is C25H22F3NO6S. The zero-order chi connectivity index (χ0) is 26.2. The second kappa shape index (κ2) is 11.7. The molecule has 3 aromatic carbocycles. The van der Waals surface area contributed by atoms with E-state index >= 15 is 0 Å². The number of carbonyl (C=O) groups is 1. The van der Waals surface area contributed by atoms with Gasteiger partial charge in [-0.05, 0) is 47.9 Å². The van der Waals surface area contributed by atoms with E-state index in [2.05, 4.69) is 9.46 Å². The summed E-state index contributed by atoms with van der Waals surface area (Å²) in [7, 11) is -4.16. The molecule has 0 saturated carbocycles. The quantitative estimate of drug-likeness (QED) is 0.351. The number of halogens is 3. The van der Waals surface area contributed by atoms with Crippen LogP contribution in [-0.2, 0) is 21.2 Å². The topological polar surface area (TPSA) is 102 Å². The van der Waals surface area contributed by atoms with Crippen LogP contribution in [0.2, 0.25) is 0 Å². The van der Waals surface area contributed by atoms with E-state index in [4.69, 9.17) is 4.74 Å². The molecule has 0 heterocycles. The summed E-state index contributed by atoms with van der Waals surface area (Å²) >= 11 is 0. The molecule has 0 aliphatic carbocycles. The number of aliphatic carboxylic acids is 1. The largest absolute Gasteiger partial charge is 0.573 e. The minimum absolute atomic E-state index is 0.220. The van der Waals surface area contributed by atoms with Gasteiger partial charge in [0.1, 0.15) is 17.4 Å². The molecule has 11 heteroatoms. The van der Waals surface area contributed by atoms with E-state index in [1.807, 2.05) is 0 Å². The molecular weight excluding hydrogens is 499 g/mol. The molecule has 0 aliphatic rings. The number of sulfonamides is 1. The van der Waals surface area contributed by atoms with Crippen LogP contribution in [0, 0.1) is 5.92 Å². The standard InChI is InChI=1S/C25H22F3NO6S/c26-25(27,28)35-21-13-11-19(12-14-21)17-22(24(30)31)23(34-20-9-5-2-6-10-20)29-36(32,33)16-15-18-7-3-1-4-8-18/h1-16,22-23,29H,17H2,(H,30,31)/b16-15+. The van der Waals surface area contributed by atoms with Crippen LogP contribution in [0.25, 0.3) is 6.08 Å². The van der Waals surface area contributed by atoms with Gasteiger partial charge in [0.15, 0.2) is 6.23 Å². The Morgan fingerprint density at radius 1 is 0.917 bits per heavy atom. The number of nitrogens with one attached hydrogen (secondary N) is 1. The van der Waals surface area contributed by atoms with Gasteiger partial charge in [-0.25, -0.2) is 8.42 Å². The highest BCUT2D eigenvalue weighted by molar-refractivity contribution is 7.92. The van der Waals surface area contributed by atoms with Crippen LogP contribution in [0.15, 0.2) is 90.3 Å². The predicted octanol–water partition coefficient (Wildman–Crippen LogP) is 4.82.